The Morgan fingerprint density at radius 1 is 1.05 bits per heavy atom. The molecular formula is C16H11BrN2OS. The number of phenolic OH excluding ortho intramolecular Hbond substituents is 1. The third kappa shape index (κ3) is 3.56. The standard InChI is InChI=1S/C16H11BrN2OS/c17-13-5-3-12(4-6-13)15-10-21-16(19-15)18-9-11-1-7-14(20)8-2-11/h1-10,20H. The molecule has 0 amide bonds. The van der Waals surface area contributed by atoms with Gasteiger partial charge in [-0.1, -0.05) is 28.1 Å². The van der Waals surface area contributed by atoms with Gasteiger partial charge < -0.3 is 5.11 Å². The fourth-order valence-electron chi connectivity index (χ4n) is 1.77. The third-order valence-electron chi connectivity index (χ3n) is 2.85. The van der Waals surface area contributed by atoms with E-state index in [0.29, 0.717) is 5.13 Å². The lowest BCUT2D eigenvalue weighted by atomic mass is 10.2. The van der Waals surface area contributed by atoms with Gasteiger partial charge >= 0.3 is 0 Å². The third-order valence-corrected chi connectivity index (χ3v) is 4.13. The molecule has 0 radical (unpaired) electrons. The van der Waals surface area contributed by atoms with Crippen LogP contribution in [0.1, 0.15) is 5.56 Å². The van der Waals surface area contributed by atoms with Gasteiger partial charge in [0.1, 0.15) is 5.75 Å². The highest BCUT2D eigenvalue weighted by Crippen LogP contribution is 2.27. The lowest BCUT2D eigenvalue weighted by Gasteiger charge is -1.95. The second-order valence-corrected chi connectivity index (χ2v) is 6.12. The van der Waals surface area contributed by atoms with E-state index in [1.165, 1.54) is 11.3 Å². The van der Waals surface area contributed by atoms with Crippen LogP contribution in [0, 0.1) is 0 Å². The Balaban J connectivity index is 1.78. The first-order chi connectivity index (χ1) is 10.2. The summed E-state index contributed by atoms with van der Waals surface area (Å²) in [6, 6.07) is 14.9. The Kier molecular flexibility index (Phi) is 4.13. The van der Waals surface area contributed by atoms with Gasteiger partial charge in [0.2, 0.25) is 5.13 Å². The maximum Gasteiger partial charge on any atom is 0.209 e. The highest BCUT2D eigenvalue weighted by atomic mass is 79.9. The zero-order valence-electron chi connectivity index (χ0n) is 10.9. The van der Waals surface area contributed by atoms with Crippen molar-refractivity contribution in [2.24, 2.45) is 4.99 Å². The average molecular weight is 359 g/mol. The van der Waals surface area contributed by atoms with E-state index in [9.17, 15) is 5.11 Å². The first-order valence-electron chi connectivity index (χ1n) is 6.25. The van der Waals surface area contributed by atoms with Gasteiger partial charge in [-0.15, -0.1) is 11.3 Å². The molecule has 21 heavy (non-hydrogen) atoms. The van der Waals surface area contributed by atoms with Crippen molar-refractivity contribution >= 4 is 38.6 Å². The summed E-state index contributed by atoms with van der Waals surface area (Å²) in [6.07, 6.45) is 1.74. The molecule has 0 bridgehead atoms. The molecule has 5 heteroatoms. The minimum absolute atomic E-state index is 0.249. The second-order valence-electron chi connectivity index (χ2n) is 4.37. The van der Waals surface area contributed by atoms with Crippen LogP contribution in [0.2, 0.25) is 0 Å². The van der Waals surface area contributed by atoms with E-state index in [1.54, 1.807) is 18.3 Å². The minimum atomic E-state index is 0.249. The lowest BCUT2D eigenvalue weighted by Crippen LogP contribution is -1.79. The van der Waals surface area contributed by atoms with E-state index in [2.05, 4.69) is 25.9 Å². The summed E-state index contributed by atoms with van der Waals surface area (Å²) in [4.78, 5) is 8.86. The van der Waals surface area contributed by atoms with Crippen LogP contribution in [0.25, 0.3) is 11.3 Å². The van der Waals surface area contributed by atoms with Crippen molar-refractivity contribution in [1.82, 2.24) is 4.98 Å². The largest absolute Gasteiger partial charge is 0.508 e. The number of phenols is 1. The predicted octanol–water partition coefficient (Wildman–Crippen LogP) is 5.03. The maximum absolute atomic E-state index is 9.23. The Morgan fingerprint density at radius 2 is 1.76 bits per heavy atom. The first-order valence-corrected chi connectivity index (χ1v) is 7.92. The molecule has 1 heterocycles. The lowest BCUT2D eigenvalue weighted by molar-refractivity contribution is 0.475. The molecule has 1 N–H and O–H groups in total. The molecule has 1 aromatic heterocycles. The molecule has 0 fully saturated rings. The predicted molar refractivity (Wildman–Crippen MR) is 90.6 cm³/mol. The van der Waals surface area contributed by atoms with Crippen molar-refractivity contribution in [2.45, 2.75) is 0 Å². The second kappa shape index (κ2) is 6.20. The minimum Gasteiger partial charge on any atom is -0.508 e. The summed E-state index contributed by atoms with van der Waals surface area (Å²) in [5.41, 5.74) is 2.92. The van der Waals surface area contributed by atoms with E-state index >= 15 is 0 Å². The Morgan fingerprint density at radius 3 is 2.48 bits per heavy atom. The summed E-state index contributed by atoms with van der Waals surface area (Å²) in [6.45, 7) is 0. The summed E-state index contributed by atoms with van der Waals surface area (Å²) in [5, 5.41) is 11.9. The van der Waals surface area contributed by atoms with Gasteiger partial charge in [-0.25, -0.2) is 9.98 Å². The number of halogens is 1. The van der Waals surface area contributed by atoms with E-state index in [4.69, 9.17) is 0 Å². The number of hydrogen-bond acceptors (Lipinski definition) is 4. The number of aromatic hydroxyl groups is 1. The van der Waals surface area contributed by atoms with Crippen LogP contribution in [0.15, 0.2) is 63.4 Å². The van der Waals surface area contributed by atoms with Crippen LogP contribution in [0.4, 0.5) is 5.13 Å². The number of aromatic nitrogens is 1. The molecule has 0 atom stereocenters. The van der Waals surface area contributed by atoms with Gasteiger partial charge in [0.05, 0.1) is 5.69 Å². The number of rotatable bonds is 3. The van der Waals surface area contributed by atoms with Crippen molar-refractivity contribution in [3.05, 3.63) is 63.9 Å². The van der Waals surface area contributed by atoms with E-state index in [-0.39, 0.29) is 5.75 Å². The van der Waals surface area contributed by atoms with Gasteiger partial charge in [-0.2, -0.15) is 0 Å². The molecule has 2 aromatic carbocycles. The van der Waals surface area contributed by atoms with Gasteiger partial charge in [-0.05, 0) is 42.0 Å². The molecule has 3 aromatic rings. The summed E-state index contributed by atoms with van der Waals surface area (Å²) in [7, 11) is 0. The average Bonchev–Trinajstić information content (AvgIpc) is 2.96. The molecule has 3 nitrogen and oxygen atoms in total. The monoisotopic (exact) mass is 358 g/mol. The van der Waals surface area contributed by atoms with E-state index in [0.717, 1.165) is 21.3 Å². The molecule has 0 aliphatic rings. The van der Waals surface area contributed by atoms with E-state index < -0.39 is 0 Å². The van der Waals surface area contributed by atoms with Gasteiger partial charge in [-0.3, -0.25) is 0 Å². The summed E-state index contributed by atoms with van der Waals surface area (Å²) < 4.78 is 1.05. The van der Waals surface area contributed by atoms with Crippen molar-refractivity contribution < 1.29 is 5.11 Å². The molecule has 3 rings (SSSR count). The van der Waals surface area contributed by atoms with Crippen molar-refractivity contribution in [1.29, 1.82) is 0 Å². The van der Waals surface area contributed by atoms with Crippen LogP contribution in [-0.4, -0.2) is 16.3 Å². The highest BCUT2D eigenvalue weighted by molar-refractivity contribution is 9.10. The molecule has 0 saturated heterocycles. The number of nitrogens with zero attached hydrogens (tertiary/aromatic N) is 2. The van der Waals surface area contributed by atoms with Crippen molar-refractivity contribution in [3.8, 4) is 17.0 Å². The summed E-state index contributed by atoms with van der Waals surface area (Å²) >= 11 is 4.92. The highest BCUT2D eigenvalue weighted by Gasteiger charge is 2.03. The Hall–Kier alpha value is -1.98. The maximum atomic E-state index is 9.23. The molecule has 0 aliphatic carbocycles. The summed E-state index contributed by atoms with van der Waals surface area (Å²) in [5.74, 6) is 0.249. The zero-order valence-corrected chi connectivity index (χ0v) is 13.3. The first kappa shape index (κ1) is 14.0. The SMILES string of the molecule is Oc1ccc(C=Nc2nc(-c3ccc(Br)cc3)cs2)cc1. The van der Waals surface area contributed by atoms with Crippen LogP contribution in [0.3, 0.4) is 0 Å². The van der Waals surface area contributed by atoms with Crippen LogP contribution < -0.4 is 0 Å². The molecule has 0 unspecified atom stereocenters. The topological polar surface area (TPSA) is 45.5 Å². The molecule has 104 valence electrons. The van der Waals surface area contributed by atoms with Crippen LogP contribution in [0.5, 0.6) is 5.75 Å². The van der Waals surface area contributed by atoms with Crippen molar-refractivity contribution in [3.63, 3.8) is 0 Å². The fourth-order valence-corrected chi connectivity index (χ4v) is 2.70. The van der Waals surface area contributed by atoms with Gasteiger partial charge in [0, 0.05) is 21.6 Å². The smallest absolute Gasteiger partial charge is 0.209 e. The Bertz CT molecular complexity index is 764. The van der Waals surface area contributed by atoms with Crippen molar-refractivity contribution in [2.75, 3.05) is 0 Å². The fraction of sp³-hybridized carbons (Fsp3) is 0. The van der Waals surface area contributed by atoms with Crippen LogP contribution >= 0.6 is 27.3 Å². The number of aliphatic imine (C=N–C) groups is 1. The molecule has 0 spiro atoms. The molecular weight excluding hydrogens is 348 g/mol. The van der Waals surface area contributed by atoms with Gasteiger partial charge in [0.15, 0.2) is 0 Å². The van der Waals surface area contributed by atoms with E-state index in [1.807, 2.05) is 41.8 Å². The molecule has 0 saturated carbocycles. The normalized spacial score (nSPS) is 11.1. The number of thiazole rings is 1. The Labute approximate surface area is 134 Å². The number of benzene rings is 2. The van der Waals surface area contributed by atoms with Gasteiger partial charge in [0.25, 0.3) is 0 Å². The zero-order chi connectivity index (χ0) is 14.7. The molecule has 0 aliphatic heterocycles. The van der Waals surface area contributed by atoms with Crippen LogP contribution in [-0.2, 0) is 0 Å². The quantitative estimate of drug-likeness (QED) is 0.667. The number of hydrogen-bond donors (Lipinski definition) is 1.